The lowest BCUT2D eigenvalue weighted by Gasteiger charge is -2.18. The molecular weight excluding hydrogens is 284 g/mol. The van der Waals surface area contributed by atoms with Crippen molar-refractivity contribution in [2.24, 2.45) is 0 Å². The Morgan fingerprint density at radius 2 is 2.09 bits per heavy atom. The SMILES string of the molecule is C=C(C(=O)OC)C(CCC)Oc1nnnn1-c1ccccc1. The van der Waals surface area contributed by atoms with Crippen LogP contribution in [0.2, 0.25) is 0 Å². The van der Waals surface area contributed by atoms with Gasteiger partial charge in [-0.25, -0.2) is 4.79 Å². The molecule has 0 aliphatic rings. The Hall–Kier alpha value is -2.70. The van der Waals surface area contributed by atoms with Crippen LogP contribution in [-0.4, -0.2) is 39.4 Å². The van der Waals surface area contributed by atoms with Crippen LogP contribution < -0.4 is 4.74 Å². The summed E-state index contributed by atoms with van der Waals surface area (Å²) in [6.45, 7) is 5.74. The molecule has 0 saturated heterocycles. The van der Waals surface area contributed by atoms with E-state index >= 15 is 0 Å². The second kappa shape index (κ2) is 7.35. The molecule has 0 aliphatic carbocycles. The van der Waals surface area contributed by atoms with Crippen molar-refractivity contribution in [1.82, 2.24) is 20.2 Å². The molecule has 7 nitrogen and oxygen atoms in total. The molecule has 22 heavy (non-hydrogen) atoms. The van der Waals surface area contributed by atoms with E-state index in [4.69, 9.17) is 9.47 Å². The number of carbonyl (C=O) groups is 1. The van der Waals surface area contributed by atoms with Gasteiger partial charge in [-0.1, -0.05) is 43.2 Å². The van der Waals surface area contributed by atoms with E-state index in [1.54, 1.807) is 0 Å². The number of tetrazole rings is 1. The van der Waals surface area contributed by atoms with Crippen LogP contribution in [0.25, 0.3) is 5.69 Å². The molecule has 2 aromatic rings. The minimum Gasteiger partial charge on any atom is -0.466 e. The first-order valence-corrected chi connectivity index (χ1v) is 6.95. The molecule has 0 saturated carbocycles. The van der Waals surface area contributed by atoms with Crippen molar-refractivity contribution in [3.05, 3.63) is 42.5 Å². The number of hydrogen-bond acceptors (Lipinski definition) is 6. The van der Waals surface area contributed by atoms with Gasteiger partial charge in [-0.3, -0.25) is 0 Å². The summed E-state index contributed by atoms with van der Waals surface area (Å²) in [5.74, 6) is -0.503. The smallest absolute Gasteiger partial charge is 0.340 e. The molecule has 2 rings (SSSR count). The zero-order chi connectivity index (χ0) is 15.9. The van der Waals surface area contributed by atoms with Crippen LogP contribution in [0.1, 0.15) is 19.8 Å². The van der Waals surface area contributed by atoms with E-state index in [0.717, 1.165) is 12.1 Å². The van der Waals surface area contributed by atoms with Crippen molar-refractivity contribution < 1.29 is 14.3 Å². The van der Waals surface area contributed by atoms with Crippen molar-refractivity contribution in [2.75, 3.05) is 7.11 Å². The highest BCUT2D eigenvalue weighted by Gasteiger charge is 2.23. The third kappa shape index (κ3) is 3.49. The molecule has 0 aliphatic heterocycles. The van der Waals surface area contributed by atoms with Gasteiger partial charge in [0.25, 0.3) is 0 Å². The fourth-order valence-corrected chi connectivity index (χ4v) is 1.94. The second-order valence-electron chi connectivity index (χ2n) is 4.62. The van der Waals surface area contributed by atoms with E-state index in [1.165, 1.54) is 11.8 Å². The molecule has 7 heteroatoms. The van der Waals surface area contributed by atoms with Gasteiger partial charge in [0.15, 0.2) is 0 Å². The fourth-order valence-electron chi connectivity index (χ4n) is 1.94. The number of esters is 1. The monoisotopic (exact) mass is 302 g/mol. The molecule has 1 unspecified atom stereocenters. The maximum atomic E-state index is 11.7. The Labute approximate surface area is 128 Å². The Balaban J connectivity index is 2.23. The number of carbonyl (C=O) groups excluding carboxylic acids is 1. The number of nitrogens with zero attached hydrogens (tertiary/aromatic N) is 4. The predicted molar refractivity (Wildman–Crippen MR) is 79.6 cm³/mol. The summed E-state index contributed by atoms with van der Waals surface area (Å²) in [4.78, 5) is 11.7. The molecule has 0 spiro atoms. The molecule has 0 fully saturated rings. The Morgan fingerprint density at radius 1 is 1.36 bits per heavy atom. The van der Waals surface area contributed by atoms with Crippen LogP contribution in [-0.2, 0) is 9.53 Å². The number of ether oxygens (including phenoxy) is 2. The Morgan fingerprint density at radius 3 is 2.73 bits per heavy atom. The van der Waals surface area contributed by atoms with Gasteiger partial charge in [0.05, 0.1) is 18.4 Å². The number of hydrogen-bond donors (Lipinski definition) is 0. The first-order valence-electron chi connectivity index (χ1n) is 6.95. The molecular formula is C15H18N4O3. The van der Waals surface area contributed by atoms with Crippen LogP contribution in [0.15, 0.2) is 42.5 Å². The first kappa shape index (κ1) is 15.7. The van der Waals surface area contributed by atoms with Gasteiger partial charge < -0.3 is 9.47 Å². The van der Waals surface area contributed by atoms with E-state index in [-0.39, 0.29) is 11.6 Å². The summed E-state index contributed by atoms with van der Waals surface area (Å²) in [6.07, 6.45) is 0.884. The quantitative estimate of drug-likeness (QED) is 0.574. The second-order valence-corrected chi connectivity index (χ2v) is 4.62. The van der Waals surface area contributed by atoms with Gasteiger partial charge in [0.1, 0.15) is 6.10 Å². The molecule has 1 aromatic carbocycles. The summed E-state index contributed by atoms with van der Waals surface area (Å²) in [5, 5.41) is 11.4. The molecule has 0 bridgehead atoms. The maximum Gasteiger partial charge on any atom is 0.340 e. The maximum absolute atomic E-state index is 11.7. The number of aromatic nitrogens is 4. The average Bonchev–Trinajstić information content (AvgIpc) is 3.02. The average molecular weight is 302 g/mol. The number of para-hydroxylation sites is 1. The number of benzene rings is 1. The van der Waals surface area contributed by atoms with Crippen molar-refractivity contribution in [2.45, 2.75) is 25.9 Å². The van der Waals surface area contributed by atoms with Crippen molar-refractivity contribution in [3.8, 4) is 11.7 Å². The summed E-state index contributed by atoms with van der Waals surface area (Å²) in [6, 6.07) is 9.55. The molecule has 0 amide bonds. The lowest BCUT2D eigenvalue weighted by Crippen LogP contribution is -2.26. The number of methoxy groups -OCH3 is 1. The van der Waals surface area contributed by atoms with Crippen LogP contribution in [0, 0.1) is 0 Å². The zero-order valence-electron chi connectivity index (χ0n) is 12.6. The molecule has 116 valence electrons. The van der Waals surface area contributed by atoms with Gasteiger partial charge in [-0.2, -0.15) is 4.68 Å². The lowest BCUT2D eigenvalue weighted by molar-refractivity contribution is -0.137. The van der Waals surface area contributed by atoms with Gasteiger partial charge in [0, 0.05) is 0 Å². The van der Waals surface area contributed by atoms with E-state index in [1.807, 2.05) is 37.3 Å². The van der Waals surface area contributed by atoms with Gasteiger partial charge in [0.2, 0.25) is 0 Å². The molecule has 0 radical (unpaired) electrons. The Bertz CT molecular complexity index is 639. The highest BCUT2D eigenvalue weighted by molar-refractivity contribution is 5.88. The van der Waals surface area contributed by atoms with Crippen LogP contribution in [0.5, 0.6) is 6.01 Å². The summed E-state index contributed by atoms with van der Waals surface area (Å²) < 4.78 is 12.0. The lowest BCUT2D eigenvalue weighted by atomic mass is 10.1. The topological polar surface area (TPSA) is 79.1 Å². The third-order valence-corrected chi connectivity index (χ3v) is 3.08. The standard InChI is InChI=1S/C15H18N4O3/c1-4-8-13(11(2)14(20)21-3)22-15-16-17-18-19(15)12-9-6-5-7-10-12/h5-7,9-10,13H,2,4,8H2,1,3H3. The van der Waals surface area contributed by atoms with Gasteiger partial charge >= 0.3 is 12.0 Å². The number of rotatable bonds is 7. The van der Waals surface area contributed by atoms with E-state index in [0.29, 0.717) is 6.42 Å². The van der Waals surface area contributed by atoms with Gasteiger partial charge in [-0.15, -0.1) is 0 Å². The van der Waals surface area contributed by atoms with Crippen LogP contribution in [0.4, 0.5) is 0 Å². The minimum absolute atomic E-state index is 0.203. The third-order valence-electron chi connectivity index (χ3n) is 3.08. The van der Waals surface area contributed by atoms with E-state index < -0.39 is 12.1 Å². The minimum atomic E-state index is -0.536. The Kier molecular flexibility index (Phi) is 5.24. The molecule has 0 N–H and O–H groups in total. The van der Waals surface area contributed by atoms with E-state index in [2.05, 4.69) is 22.1 Å². The van der Waals surface area contributed by atoms with E-state index in [9.17, 15) is 4.79 Å². The highest BCUT2D eigenvalue weighted by atomic mass is 16.5. The molecule has 1 aromatic heterocycles. The highest BCUT2D eigenvalue weighted by Crippen LogP contribution is 2.19. The summed E-state index contributed by atoms with van der Waals surface area (Å²) >= 11 is 0. The van der Waals surface area contributed by atoms with Crippen molar-refractivity contribution in [3.63, 3.8) is 0 Å². The first-order chi connectivity index (χ1) is 10.7. The van der Waals surface area contributed by atoms with Crippen molar-refractivity contribution >= 4 is 5.97 Å². The molecule has 1 atom stereocenters. The zero-order valence-corrected chi connectivity index (χ0v) is 12.6. The molecule has 1 heterocycles. The summed E-state index contributed by atoms with van der Waals surface area (Å²) in [5.41, 5.74) is 1.01. The largest absolute Gasteiger partial charge is 0.466 e. The van der Waals surface area contributed by atoms with Crippen LogP contribution in [0.3, 0.4) is 0 Å². The normalized spacial score (nSPS) is 11.7. The van der Waals surface area contributed by atoms with Gasteiger partial charge in [-0.05, 0) is 29.0 Å². The van der Waals surface area contributed by atoms with Crippen LogP contribution >= 0.6 is 0 Å². The summed E-state index contributed by atoms with van der Waals surface area (Å²) in [7, 11) is 1.31. The predicted octanol–water partition coefficient (Wildman–Crippen LogP) is 1.94. The van der Waals surface area contributed by atoms with Crippen molar-refractivity contribution in [1.29, 1.82) is 0 Å². The fraction of sp³-hybridized carbons (Fsp3) is 0.333.